The van der Waals surface area contributed by atoms with E-state index >= 15 is 0 Å². The number of rotatable bonds is 2. The molecule has 0 radical (unpaired) electrons. The number of carbonyl (C=O) groups is 1. The number of allylic oxidation sites excluding steroid dienone is 2. The largest absolute Gasteiger partial charge is 0.460 e. The SMILES string of the molecule is CC1(C)CC(=O)C2=C(C1)Nc1[nH]c(=O)[nH]c(=O)c1[C@H]2c1ccc(-c2cccc(C(F)(F)F)c2)o1. The molecule has 1 atom stereocenters. The normalized spacial score (nSPS) is 19.4. The third kappa shape index (κ3) is 3.68. The van der Waals surface area contributed by atoms with E-state index in [1.54, 1.807) is 0 Å². The minimum Gasteiger partial charge on any atom is -0.460 e. The number of nitrogens with one attached hydrogen (secondary N) is 3. The third-order valence-corrected chi connectivity index (χ3v) is 6.14. The lowest BCUT2D eigenvalue weighted by atomic mass is 9.70. The van der Waals surface area contributed by atoms with Crippen LogP contribution >= 0.6 is 0 Å². The van der Waals surface area contributed by atoms with E-state index in [0.717, 1.165) is 12.1 Å². The van der Waals surface area contributed by atoms with E-state index in [1.165, 1.54) is 24.3 Å². The Morgan fingerprint density at radius 3 is 2.53 bits per heavy atom. The van der Waals surface area contributed by atoms with Crippen molar-refractivity contribution in [2.24, 2.45) is 5.41 Å². The fraction of sp³-hybridized carbons (Fsp3) is 0.292. The molecule has 0 amide bonds. The predicted octanol–water partition coefficient (Wildman–Crippen LogP) is 4.54. The van der Waals surface area contributed by atoms with Crippen molar-refractivity contribution in [2.75, 3.05) is 5.32 Å². The Balaban J connectivity index is 1.67. The van der Waals surface area contributed by atoms with Crippen molar-refractivity contribution in [2.45, 2.75) is 38.8 Å². The van der Waals surface area contributed by atoms with Crippen LogP contribution in [-0.4, -0.2) is 15.8 Å². The van der Waals surface area contributed by atoms with Crippen LogP contribution in [0.4, 0.5) is 19.0 Å². The summed E-state index contributed by atoms with van der Waals surface area (Å²) < 4.78 is 45.4. The van der Waals surface area contributed by atoms with Crippen molar-refractivity contribution >= 4 is 11.6 Å². The first kappa shape index (κ1) is 22.0. The van der Waals surface area contributed by atoms with Gasteiger partial charge in [-0.15, -0.1) is 0 Å². The monoisotopic (exact) mass is 471 g/mol. The molecule has 2 aromatic heterocycles. The lowest BCUT2D eigenvalue weighted by Gasteiger charge is -2.37. The lowest BCUT2D eigenvalue weighted by molar-refractivity contribution is -0.137. The number of furan rings is 1. The van der Waals surface area contributed by atoms with Crippen molar-refractivity contribution in [3.05, 3.63) is 85.4 Å². The standard InChI is InChI=1S/C24H20F3N3O4/c1-23(2)9-13-17(14(31)10-23)18(19-20(28-13)29-22(33)30-21(19)32)16-7-6-15(34-16)11-4-3-5-12(8-11)24(25,26)27/h3-8,18H,9-10H2,1-2H3,(H3,28,29,30,32,33)/t18-/m0/s1. The van der Waals surface area contributed by atoms with Crippen LogP contribution < -0.4 is 16.6 Å². The zero-order chi connectivity index (χ0) is 24.4. The number of hydrogen-bond donors (Lipinski definition) is 3. The first-order valence-electron chi connectivity index (χ1n) is 10.6. The Kier molecular flexibility index (Phi) is 4.75. The van der Waals surface area contributed by atoms with E-state index in [4.69, 9.17) is 4.42 Å². The van der Waals surface area contributed by atoms with Gasteiger partial charge in [0.2, 0.25) is 0 Å². The average molecular weight is 471 g/mol. The van der Waals surface area contributed by atoms with Gasteiger partial charge in [-0.2, -0.15) is 13.2 Å². The topological polar surface area (TPSA) is 108 Å². The van der Waals surface area contributed by atoms with Gasteiger partial charge in [0.15, 0.2) is 5.78 Å². The fourth-order valence-corrected chi connectivity index (χ4v) is 4.74. The lowest BCUT2D eigenvalue weighted by Crippen LogP contribution is -2.38. The molecule has 3 aromatic rings. The van der Waals surface area contributed by atoms with Gasteiger partial charge in [0, 0.05) is 23.3 Å². The minimum absolute atomic E-state index is 0.108. The van der Waals surface area contributed by atoms with Crippen LogP contribution in [-0.2, 0) is 11.0 Å². The molecule has 3 N–H and O–H groups in total. The van der Waals surface area contributed by atoms with Crippen LogP contribution in [0.3, 0.4) is 0 Å². The number of aromatic nitrogens is 2. The quantitative estimate of drug-likeness (QED) is 0.509. The molecule has 176 valence electrons. The molecule has 0 saturated heterocycles. The van der Waals surface area contributed by atoms with Gasteiger partial charge in [0.1, 0.15) is 17.3 Å². The van der Waals surface area contributed by atoms with Crippen LogP contribution in [0.2, 0.25) is 0 Å². The van der Waals surface area contributed by atoms with E-state index in [1.807, 2.05) is 13.8 Å². The smallest absolute Gasteiger partial charge is 0.416 e. The number of H-pyrrole nitrogens is 2. The van der Waals surface area contributed by atoms with Gasteiger partial charge in [-0.05, 0) is 36.1 Å². The molecule has 1 aliphatic carbocycles. The molecule has 10 heteroatoms. The summed E-state index contributed by atoms with van der Waals surface area (Å²) in [7, 11) is 0. The van der Waals surface area contributed by atoms with Gasteiger partial charge in [0.05, 0.1) is 17.0 Å². The molecule has 3 heterocycles. The number of hydrogen-bond acceptors (Lipinski definition) is 5. The van der Waals surface area contributed by atoms with Crippen LogP contribution in [0.15, 0.2) is 61.7 Å². The average Bonchev–Trinajstić information content (AvgIpc) is 3.20. The second-order valence-electron chi connectivity index (χ2n) is 9.37. The summed E-state index contributed by atoms with van der Waals surface area (Å²) in [5.41, 5.74) is -1.29. The van der Waals surface area contributed by atoms with Gasteiger partial charge < -0.3 is 9.73 Å². The molecule has 0 bridgehead atoms. The summed E-state index contributed by atoms with van der Waals surface area (Å²) in [6, 6.07) is 7.75. The number of fused-ring (bicyclic) bond motifs is 1. The number of Topliss-reactive ketones (excluding diaryl/α,β-unsaturated/α-hetero) is 1. The number of carbonyl (C=O) groups excluding carboxylic acids is 1. The summed E-state index contributed by atoms with van der Waals surface area (Å²) in [6.07, 6.45) is -3.76. The van der Waals surface area contributed by atoms with Crippen LogP contribution in [0.1, 0.15) is 49.5 Å². The van der Waals surface area contributed by atoms with Crippen LogP contribution in [0.5, 0.6) is 0 Å². The third-order valence-electron chi connectivity index (χ3n) is 6.14. The highest BCUT2D eigenvalue weighted by atomic mass is 19.4. The Morgan fingerprint density at radius 2 is 1.79 bits per heavy atom. The van der Waals surface area contributed by atoms with E-state index < -0.39 is 28.9 Å². The summed E-state index contributed by atoms with van der Waals surface area (Å²) in [4.78, 5) is 42.7. The predicted molar refractivity (Wildman–Crippen MR) is 117 cm³/mol. The van der Waals surface area contributed by atoms with Gasteiger partial charge in [-0.3, -0.25) is 19.6 Å². The molecule has 0 spiro atoms. The molecule has 1 aliphatic heterocycles. The highest BCUT2D eigenvalue weighted by molar-refractivity contribution is 6.01. The molecular weight excluding hydrogens is 451 g/mol. The van der Waals surface area contributed by atoms with E-state index in [2.05, 4.69) is 15.3 Å². The molecule has 7 nitrogen and oxygen atoms in total. The fourth-order valence-electron chi connectivity index (χ4n) is 4.74. The van der Waals surface area contributed by atoms with Crippen molar-refractivity contribution in [1.29, 1.82) is 0 Å². The van der Waals surface area contributed by atoms with Crippen LogP contribution in [0, 0.1) is 5.41 Å². The minimum atomic E-state index is -4.51. The zero-order valence-corrected chi connectivity index (χ0v) is 18.2. The second kappa shape index (κ2) is 7.34. The maximum Gasteiger partial charge on any atom is 0.416 e. The number of anilines is 1. The number of benzene rings is 1. The first-order valence-corrected chi connectivity index (χ1v) is 10.6. The summed E-state index contributed by atoms with van der Waals surface area (Å²) in [5.74, 6) is -0.548. The maximum atomic E-state index is 13.2. The summed E-state index contributed by atoms with van der Waals surface area (Å²) >= 11 is 0. The van der Waals surface area contributed by atoms with E-state index in [-0.39, 0.29) is 46.1 Å². The van der Waals surface area contributed by atoms with Crippen molar-refractivity contribution < 1.29 is 22.4 Å². The number of aromatic amines is 2. The molecule has 0 fully saturated rings. The molecule has 1 aromatic carbocycles. The highest BCUT2D eigenvalue weighted by Crippen LogP contribution is 2.48. The number of alkyl halides is 3. The number of ketones is 1. The van der Waals surface area contributed by atoms with Crippen molar-refractivity contribution in [3.8, 4) is 11.3 Å². The maximum absolute atomic E-state index is 13.2. The molecule has 0 unspecified atom stereocenters. The van der Waals surface area contributed by atoms with Gasteiger partial charge in [-0.25, -0.2) is 4.79 Å². The zero-order valence-electron chi connectivity index (χ0n) is 18.2. The number of halogens is 3. The van der Waals surface area contributed by atoms with Crippen LogP contribution in [0.25, 0.3) is 11.3 Å². The summed E-state index contributed by atoms with van der Waals surface area (Å²) in [5, 5.41) is 3.05. The van der Waals surface area contributed by atoms with Gasteiger partial charge in [-0.1, -0.05) is 26.0 Å². The molecular formula is C24H20F3N3O4. The molecule has 2 aliphatic rings. The Morgan fingerprint density at radius 1 is 1.03 bits per heavy atom. The molecule has 5 rings (SSSR count). The Hall–Kier alpha value is -3.82. The van der Waals surface area contributed by atoms with E-state index in [0.29, 0.717) is 17.7 Å². The van der Waals surface area contributed by atoms with Gasteiger partial charge in [0.25, 0.3) is 5.56 Å². The van der Waals surface area contributed by atoms with Crippen molar-refractivity contribution in [3.63, 3.8) is 0 Å². The summed E-state index contributed by atoms with van der Waals surface area (Å²) in [6.45, 7) is 3.89. The Labute approximate surface area is 190 Å². The second-order valence-corrected chi connectivity index (χ2v) is 9.37. The van der Waals surface area contributed by atoms with E-state index in [9.17, 15) is 27.6 Å². The van der Waals surface area contributed by atoms with Crippen molar-refractivity contribution in [1.82, 2.24) is 9.97 Å². The molecule has 0 saturated carbocycles. The Bertz CT molecular complexity index is 1470. The molecule has 34 heavy (non-hydrogen) atoms. The highest BCUT2D eigenvalue weighted by Gasteiger charge is 2.43. The first-order chi connectivity index (χ1) is 15.9. The van der Waals surface area contributed by atoms with Gasteiger partial charge >= 0.3 is 11.9 Å².